The van der Waals surface area contributed by atoms with Gasteiger partial charge in [0.15, 0.2) is 11.7 Å². The van der Waals surface area contributed by atoms with Gasteiger partial charge in [-0.15, -0.1) is 0 Å². The molecular formula is C28H29N5O2. The topological polar surface area (TPSA) is 81.0 Å². The Bertz CT molecular complexity index is 1390. The first kappa shape index (κ1) is 22.1. The molecule has 2 aromatic heterocycles. The fourth-order valence-corrected chi connectivity index (χ4v) is 5.54. The van der Waals surface area contributed by atoms with Crippen molar-refractivity contribution in [2.24, 2.45) is 9.98 Å². The first-order chi connectivity index (χ1) is 17.1. The number of aryl methyl sites for hydroxylation is 2. The third-order valence-corrected chi connectivity index (χ3v) is 7.34. The van der Waals surface area contributed by atoms with Crippen molar-refractivity contribution in [2.45, 2.75) is 51.7 Å². The second-order valence-electron chi connectivity index (χ2n) is 9.44. The minimum atomic E-state index is 0.0329. The second-order valence-corrected chi connectivity index (χ2v) is 9.44. The lowest BCUT2D eigenvalue weighted by Gasteiger charge is -2.13. The molecule has 0 saturated carbocycles. The molecule has 35 heavy (non-hydrogen) atoms. The number of aliphatic imine (C=N–C) groups is 2. The number of hydrogen-bond donors (Lipinski definition) is 1. The van der Waals surface area contributed by atoms with Gasteiger partial charge in [-0.25, -0.2) is 20.0 Å². The molecule has 2 atom stereocenters. The van der Waals surface area contributed by atoms with Crippen molar-refractivity contribution in [1.29, 1.82) is 0 Å². The summed E-state index contributed by atoms with van der Waals surface area (Å²) in [7, 11) is 3.49. The minimum Gasteiger partial charge on any atom is -0.375 e. The zero-order valence-electron chi connectivity index (χ0n) is 20.6. The van der Waals surface area contributed by atoms with Gasteiger partial charge in [0.1, 0.15) is 11.7 Å². The highest BCUT2D eigenvalue weighted by molar-refractivity contribution is 6.26. The molecule has 3 heterocycles. The molecular weight excluding hydrogens is 438 g/mol. The molecule has 0 bridgehead atoms. The van der Waals surface area contributed by atoms with E-state index >= 15 is 0 Å². The van der Waals surface area contributed by atoms with Crippen LogP contribution in [-0.2, 0) is 22.3 Å². The smallest absolute Gasteiger partial charge is 0.164 e. The van der Waals surface area contributed by atoms with E-state index in [4.69, 9.17) is 29.4 Å². The zero-order chi connectivity index (χ0) is 24.1. The van der Waals surface area contributed by atoms with Crippen LogP contribution in [0.15, 0.2) is 46.4 Å². The molecule has 1 N–H and O–H groups in total. The summed E-state index contributed by atoms with van der Waals surface area (Å²) in [6.45, 7) is 4.26. The Morgan fingerprint density at radius 3 is 2.17 bits per heavy atom. The molecule has 0 spiro atoms. The molecule has 0 amide bonds. The maximum atomic E-state index is 5.66. The molecule has 0 saturated heterocycles. The van der Waals surface area contributed by atoms with Crippen LogP contribution in [0.5, 0.6) is 0 Å². The van der Waals surface area contributed by atoms with E-state index in [1.54, 1.807) is 14.2 Å². The van der Waals surface area contributed by atoms with Crippen LogP contribution in [0.1, 0.15) is 69.8 Å². The summed E-state index contributed by atoms with van der Waals surface area (Å²) in [5.41, 5.74) is 9.02. The van der Waals surface area contributed by atoms with Crippen LogP contribution in [0.4, 0.5) is 11.6 Å². The highest BCUT2D eigenvalue weighted by Gasteiger charge is 2.29. The number of benzene rings is 1. The largest absolute Gasteiger partial charge is 0.375 e. The summed E-state index contributed by atoms with van der Waals surface area (Å²) in [6, 6.07) is 12.3. The predicted molar refractivity (Wildman–Crippen MR) is 137 cm³/mol. The SMILES string of the molecule is CO[C@H]1CCc2c(C)cc(N=C3N=C(Nc4cc(C)c5c(n4)[C@@H](OC)CC5)c4ccccc43)nc21. The minimum absolute atomic E-state index is 0.0329. The lowest BCUT2D eigenvalue weighted by atomic mass is 10.1. The Morgan fingerprint density at radius 2 is 1.49 bits per heavy atom. The first-order valence-corrected chi connectivity index (χ1v) is 12.2. The number of rotatable bonds is 4. The average molecular weight is 468 g/mol. The second kappa shape index (κ2) is 8.66. The van der Waals surface area contributed by atoms with Gasteiger partial charge in [0.05, 0.1) is 23.6 Å². The molecule has 1 aliphatic heterocycles. The van der Waals surface area contributed by atoms with E-state index in [1.807, 2.05) is 24.3 Å². The van der Waals surface area contributed by atoms with Crippen molar-refractivity contribution < 1.29 is 9.47 Å². The highest BCUT2D eigenvalue weighted by Crippen LogP contribution is 2.37. The summed E-state index contributed by atoms with van der Waals surface area (Å²) in [6.07, 6.45) is 4.02. The van der Waals surface area contributed by atoms with Crippen LogP contribution >= 0.6 is 0 Å². The summed E-state index contributed by atoms with van der Waals surface area (Å²) < 4.78 is 11.3. The average Bonchev–Trinajstić information content (AvgIpc) is 3.55. The maximum absolute atomic E-state index is 5.66. The Morgan fingerprint density at radius 1 is 0.857 bits per heavy atom. The molecule has 0 radical (unpaired) electrons. The third-order valence-electron chi connectivity index (χ3n) is 7.34. The van der Waals surface area contributed by atoms with Gasteiger partial charge in [-0.2, -0.15) is 0 Å². The van der Waals surface area contributed by atoms with E-state index in [0.29, 0.717) is 11.7 Å². The Kier molecular flexibility index (Phi) is 5.46. The van der Waals surface area contributed by atoms with Crippen molar-refractivity contribution in [1.82, 2.24) is 9.97 Å². The standard InChI is InChI=1S/C28H29N5O2/c1-15-13-23(29-25-17(15)9-11-21(25)34-3)31-27-19-7-5-6-8-20(19)28(33-27)32-24-14-16(2)18-10-12-22(35-4)26(18)30-24/h5-8,13-14,21-22H,9-12H2,1-4H3,(H,29,30,31,32,33)/t21-,22-/m0/s1. The van der Waals surface area contributed by atoms with Crippen LogP contribution in [-0.4, -0.2) is 35.9 Å². The van der Waals surface area contributed by atoms with Gasteiger partial charge in [-0.3, -0.25) is 0 Å². The molecule has 1 aromatic carbocycles. The number of aromatic nitrogens is 2. The van der Waals surface area contributed by atoms with Gasteiger partial charge in [0, 0.05) is 25.3 Å². The fraction of sp³-hybridized carbons (Fsp3) is 0.357. The Labute approximate surface area is 205 Å². The number of nitrogens with zero attached hydrogens (tertiary/aromatic N) is 4. The lowest BCUT2D eigenvalue weighted by molar-refractivity contribution is 0.102. The fourth-order valence-electron chi connectivity index (χ4n) is 5.54. The maximum Gasteiger partial charge on any atom is 0.164 e. The van der Waals surface area contributed by atoms with Crippen molar-refractivity contribution in [3.63, 3.8) is 0 Å². The molecule has 0 unspecified atom stereocenters. The summed E-state index contributed by atoms with van der Waals surface area (Å²) in [4.78, 5) is 19.5. The van der Waals surface area contributed by atoms with Crippen molar-refractivity contribution in [3.05, 3.63) is 81.2 Å². The van der Waals surface area contributed by atoms with Gasteiger partial charge in [0.2, 0.25) is 0 Å². The molecule has 7 heteroatoms. The van der Waals surface area contributed by atoms with Crippen LogP contribution in [0.3, 0.4) is 0 Å². The van der Waals surface area contributed by atoms with Crippen LogP contribution in [0, 0.1) is 13.8 Å². The molecule has 7 nitrogen and oxygen atoms in total. The van der Waals surface area contributed by atoms with E-state index in [2.05, 4.69) is 31.3 Å². The number of pyridine rings is 2. The van der Waals surface area contributed by atoms with E-state index in [1.165, 1.54) is 22.3 Å². The number of hydrogen-bond acceptors (Lipinski definition) is 6. The summed E-state index contributed by atoms with van der Waals surface area (Å²) >= 11 is 0. The van der Waals surface area contributed by atoms with Gasteiger partial charge < -0.3 is 14.8 Å². The number of methoxy groups -OCH3 is 2. The number of fused-ring (bicyclic) bond motifs is 3. The zero-order valence-corrected chi connectivity index (χ0v) is 20.6. The summed E-state index contributed by atoms with van der Waals surface area (Å²) in [5, 5.41) is 3.46. The summed E-state index contributed by atoms with van der Waals surface area (Å²) in [5.74, 6) is 2.82. The van der Waals surface area contributed by atoms with Crippen molar-refractivity contribution in [2.75, 3.05) is 19.5 Å². The van der Waals surface area contributed by atoms with Gasteiger partial charge in [-0.1, -0.05) is 24.3 Å². The molecule has 0 fully saturated rings. The van der Waals surface area contributed by atoms with E-state index in [9.17, 15) is 0 Å². The number of amidine groups is 2. The van der Waals surface area contributed by atoms with Crippen molar-refractivity contribution in [3.8, 4) is 0 Å². The monoisotopic (exact) mass is 467 g/mol. The third kappa shape index (κ3) is 3.75. The van der Waals surface area contributed by atoms with E-state index in [-0.39, 0.29) is 12.2 Å². The van der Waals surface area contributed by atoms with Crippen molar-refractivity contribution >= 4 is 23.3 Å². The van der Waals surface area contributed by atoms with Gasteiger partial charge in [-0.05, 0) is 73.9 Å². The normalized spacial score (nSPS) is 21.1. The quantitative estimate of drug-likeness (QED) is 0.562. The van der Waals surface area contributed by atoms with E-state index < -0.39 is 0 Å². The predicted octanol–water partition coefficient (Wildman–Crippen LogP) is 5.31. The first-order valence-electron chi connectivity index (χ1n) is 12.2. The number of ether oxygens (including phenoxy) is 2. The molecule has 3 aromatic rings. The van der Waals surface area contributed by atoms with Crippen LogP contribution < -0.4 is 5.32 Å². The van der Waals surface area contributed by atoms with Gasteiger partial charge >= 0.3 is 0 Å². The molecule has 6 rings (SSSR count). The lowest BCUT2D eigenvalue weighted by Crippen LogP contribution is -2.14. The molecule has 2 aliphatic carbocycles. The van der Waals surface area contributed by atoms with Crippen LogP contribution in [0.25, 0.3) is 0 Å². The highest BCUT2D eigenvalue weighted by atomic mass is 16.5. The molecule has 178 valence electrons. The number of anilines is 1. The van der Waals surface area contributed by atoms with Gasteiger partial charge in [0.25, 0.3) is 0 Å². The Balaban J connectivity index is 1.38. The van der Waals surface area contributed by atoms with E-state index in [0.717, 1.165) is 59.9 Å². The number of nitrogens with one attached hydrogen (secondary N) is 1. The van der Waals surface area contributed by atoms with Crippen LogP contribution in [0.2, 0.25) is 0 Å². The Hall–Kier alpha value is -3.42. The molecule has 3 aliphatic rings.